The number of carboxylic acid groups (broad SMARTS) is 1. The lowest BCUT2D eigenvalue weighted by Crippen LogP contribution is -2.43. The van der Waals surface area contributed by atoms with Crippen LogP contribution in [0.25, 0.3) is 0 Å². The van der Waals surface area contributed by atoms with Crippen molar-refractivity contribution < 1.29 is 19.4 Å². The summed E-state index contributed by atoms with van der Waals surface area (Å²) in [5.41, 5.74) is 0.685. The lowest BCUT2D eigenvalue weighted by atomic mass is 9.99. The number of aliphatic carboxylic acids is 1. The molecule has 1 aliphatic rings. The second-order valence-corrected chi connectivity index (χ2v) is 4.94. The van der Waals surface area contributed by atoms with Crippen LogP contribution in [0.15, 0.2) is 30.3 Å². The van der Waals surface area contributed by atoms with Gasteiger partial charge in [-0.1, -0.05) is 30.3 Å². The number of amides is 2. The van der Waals surface area contributed by atoms with E-state index in [-0.39, 0.29) is 12.6 Å². The molecule has 0 aromatic heterocycles. The molecular formula is C15H20N2O4. The summed E-state index contributed by atoms with van der Waals surface area (Å²) < 4.78 is 5.29. The summed E-state index contributed by atoms with van der Waals surface area (Å²) in [6.45, 7) is 2.43. The first kappa shape index (κ1) is 15.3. The van der Waals surface area contributed by atoms with E-state index in [1.54, 1.807) is 29.2 Å². The largest absolute Gasteiger partial charge is 0.481 e. The number of rotatable bonds is 4. The highest BCUT2D eigenvalue weighted by Gasteiger charge is 2.22. The molecule has 1 aliphatic heterocycles. The molecule has 2 rings (SSSR count). The normalized spacial score (nSPS) is 16.9. The van der Waals surface area contributed by atoms with Gasteiger partial charge in [0.2, 0.25) is 0 Å². The molecule has 114 valence electrons. The maximum Gasteiger partial charge on any atom is 0.317 e. The van der Waals surface area contributed by atoms with E-state index in [2.05, 4.69) is 5.32 Å². The highest BCUT2D eigenvalue weighted by atomic mass is 16.5. The van der Waals surface area contributed by atoms with Gasteiger partial charge in [0.25, 0.3) is 0 Å². The van der Waals surface area contributed by atoms with Gasteiger partial charge in [-0.2, -0.15) is 0 Å². The Morgan fingerprint density at radius 3 is 2.71 bits per heavy atom. The quantitative estimate of drug-likeness (QED) is 0.876. The maximum atomic E-state index is 12.1. The van der Waals surface area contributed by atoms with Crippen molar-refractivity contribution in [3.63, 3.8) is 0 Å². The van der Waals surface area contributed by atoms with Crippen LogP contribution < -0.4 is 5.32 Å². The van der Waals surface area contributed by atoms with Gasteiger partial charge in [0.15, 0.2) is 0 Å². The summed E-state index contributed by atoms with van der Waals surface area (Å²) in [4.78, 5) is 25.1. The summed E-state index contributed by atoms with van der Waals surface area (Å²) >= 11 is 0. The smallest absolute Gasteiger partial charge is 0.317 e. The molecule has 2 amide bonds. The Morgan fingerprint density at radius 2 is 2.00 bits per heavy atom. The van der Waals surface area contributed by atoms with Gasteiger partial charge in [0.1, 0.15) is 0 Å². The summed E-state index contributed by atoms with van der Waals surface area (Å²) in [7, 11) is 0. The second-order valence-electron chi connectivity index (χ2n) is 4.94. The number of hydrogen-bond donors (Lipinski definition) is 2. The van der Waals surface area contributed by atoms with E-state index in [1.807, 2.05) is 6.07 Å². The number of carbonyl (C=O) groups excluding carboxylic acids is 1. The van der Waals surface area contributed by atoms with Crippen molar-refractivity contribution in [2.75, 3.05) is 32.8 Å². The average molecular weight is 292 g/mol. The zero-order chi connectivity index (χ0) is 15.1. The van der Waals surface area contributed by atoms with Crippen molar-refractivity contribution in [3.8, 4) is 0 Å². The molecule has 6 heteroatoms. The van der Waals surface area contributed by atoms with Crippen molar-refractivity contribution in [3.05, 3.63) is 35.9 Å². The monoisotopic (exact) mass is 292 g/mol. The van der Waals surface area contributed by atoms with Crippen molar-refractivity contribution in [2.24, 2.45) is 0 Å². The minimum atomic E-state index is -0.944. The molecule has 1 unspecified atom stereocenters. The van der Waals surface area contributed by atoms with E-state index in [0.717, 1.165) is 6.42 Å². The van der Waals surface area contributed by atoms with E-state index in [9.17, 15) is 14.7 Å². The molecule has 2 N–H and O–H groups in total. The molecule has 0 aliphatic carbocycles. The Hall–Kier alpha value is -2.08. The Balaban J connectivity index is 1.92. The summed E-state index contributed by atoms with van der Waals surface area (Å²) in [6.07, 6.45) is 0.800. The third-order valence-electron chi connectivity index (χ3n) is 3.47. The van der Waals surface area contributed by atoms with Crippen LogP contribution in [0.3, 0.4) is 0 Å². The third kappa shape index (κ3) is 4.46. The van der Waals surface area contributed by atoms with E-state index in [1.165, 1.54) is 0 Å². The van der Waals surface area contributed by atoms with Crippen LogP contribution in [-0.2, 0) is 9.53 Å². The van der Waals surface area contributed by atoms with Crippen LogP contribution >= 0.6 is 0 Å². The van der Waals surface area contributed by atoms with Crippen molar-refractivity contribution >= 4 is 12.0 Å². The molecule has 0 bridgehead atoms. The molecule has 21 heavy (non-hydrogen) atoms. The fourth-order valence-electron chi connectivity index (χ4n) is 2.28. The highest BCUT2D eigenvalue weighted by Crippen LogP contribution is 2.15. The van der Waals surface area contributed by atoms with Gasteiger partial charge in [-0.3, -0.25) is 4.79 Å². The minimum absolute atomic E-state index is 0.0789. The van der Waals surface area contributed by atoms with E-state index in [0.29, 0.717) is 31.9 Å². The van der Waals surface area contributed by atoms with E-state index < -0.39 is 11.9 Å². The first-order valence-electron chi connectivity index (χ1n) is 7.07. The Kier molecular flexibility index (Phi) is 5.57. The fourth-order valence-corrected chi connectivity index (χ4v) is 2.28. The number of ether oxygens (including phenoxy) is 1. The van der Waals surface area contributed by atoms with Crippen molar-refractivity contribution in [1.29, 1.82) is 0 Å². The molecule has 6 nitrogen and oxygen atoms in total. The number of carbonyl (C=O) groups is 2. The lowest BCUT2D eigenvalue weighted by molar-refractivity contribution is -0.138. The van der Waals surface area contributed by atoms with Crippen LogP contribution in [0.1, 0.15) is 17.9 Å². The summed E-state index contributed by atoms with van der Waals surface area (Å²) in [5.74, 6) is -1.68. The van der Waals surface area contributed by atoms with Gasteiger partial charge in [-0.05, 0) is 12.0 Å². The molecule has 0 saturated carbocycles. The molecule has 1 aromatic rings. The fraction of sp³-hybridized carbons (Fsp3) is 0.467. The number of urea groups is 1. The van der Waals surface area contributed by atoms with Gasteiger partial charge in [0, 0.05) is 26.2 Å². The zero-order valence-corrected chi connectivity index (χ0v) is 11.8. The van der Waals surface area contributed by atoms with Gasteiger partial charge in [-0.15, -0.1) is 0 Å². The SMILES string of the molecule is O=C(O)C(CNC(=O)N1CCCOCC1)c1ccccc1. The molecular weight excluding hydrogens is 272 g/mol. The Bertz CT molecular complexity index is 470. The van der Waals surface area contributed by atoms with Crippen LogP contribution in [-0.4, -0.2) is 54.9 Å². The summed E-state index contributed by atoms with van der Waals surface area (Å²) in [5, 5.41) is 12.0. The Labute approximate surface area is 123 Å². The van der Waals surface area contributed by atoms with Crippen LogP contribution in [0.4, 0.5) is 4.79 Å². The molecule has 0 radical (unpaired) electrons. The first-order valence-corrected chi connectivity index (χ1v) is 7.07. The van der Waals surface area contributed by atoms with Gasteiger partial charge in [0.05, 0.1) is 12.5 Å². The standard InChI is InChI=1S/C15H20N2O4/c18-14(19)13(12-5-2-1-3-6-12)11-16-15(20)17-7-4-9-21-10-8-17/h1-3,5-6,13H,4,7-11H2,(H,16,20)(H,18,19). The van der Waals surface area contributed by atoms with E-state index >= 15 is 0 Å². The van der Waals surface area contributed by atoms with Gasteiger partial charge in [-0.25, -0.2) is 4.79 Å². The van der Waals surface area contributed by atoms with Crippen molar-refractivity contribution in [2.45, 2.75) is 12.3 Å². The lowest BCUT2D eigenvalue weighted by Gasteiger charge is -2.21. The molecule has 1 heterocycles. The third-order valence-corrected chi connectivity index (χ3v) is 3.47. The summed E-state index contributed by atoms with van der Waals surface area (Å²) in [6, 6.07) is 8.69. The average Bonchev–Trinajstić information content (AvgIpc) is 2.77. The zero-order valence-electron chi connectivity index (χ0n) is 11.8. The topological polar surface area (TPSA) is 78.9 Å². The molecule has 1 saturated heterocycles. The second kappa shape index (κ2) is 7.64. The molecule has 1 atom stereocenters. The van der Waals surface area contributed by atoms with E-state index in [4.69, 9.17) is 4.74 Å². The predicted octanol–water partition coefficient (Wildman–Crippen LogP) is 1.29. The highest BCUT2D eigenvalue weighted by molar-refractivity contribution is 5.79. The molecule has 0 spiro atoms. The van der Waals surface area contributed by atoms with Gasteiger partial charge < -0.3 is 20.1 Å². The predicted molar refractivity (Wildman–Crippen MR) is 77.2 cm³/mol. The molecule has 1 aromatic carbocycles. The number of nitrogens with one attached hydrogen (secondary N) is 1. The number of benzene rings is 1. The minimum Gasteiger partial charge on any atom is -0.481 e. The number of carboxylic acids is 1. The van der Waals surface area contributed by atoms with Gasteiger partial charge >= 0.3 is 12.0 Å². The van der Waals surface area contributed by atoms with Crippen LogP contribution in [0, 0.1) is 0 Å². The number of hydrogen-bond acceptors (Lipinski definition) is 3. The Morgan fingerprint density at radius 1 is 1.24 bits per heavy atom. The van der Waals surface area contributed by atoms with Crippen LogP contribution in [0.5, 0.6) is 0 Å². The van der Waals surface area contributed by atoms with Crippen molar-refractivity contribution in [1.82, 2.24) is 10.2 Å². The number of nitrogens with zero attached hydrogens (tertiary/aromatic N) is 1. The van der Waals surface area contributed by atoms with Crippen LogP contribution in [0.2, 0.25) is 0 Å². The first-order chi connectivity index (χ1) is 10.2. The molecule has 1 fully saturated rings. The maximum absolute atomic E-state index is 12.1.